The quantitative estimate of drug-likeness (QED) is 0.532. The summed E-state index contributed by atoms with van der Waals surface area (Å²) in [5.41, 5.74) is 0.442. The van der Waals surface area contributed by atoms with Crippen molar-refractivity contribution in [3.63, 3.8) is 0 Å². The lowest BCUT2D eigenvalue weighted by atomic mass is 10.1. The number of carbonyl (C=O) groups is 3. The van der Waals surface area contributed by atoms with Gasteiger partial charge in [-0.2, -0.15) is 0 Å². The van der Waals surface area contributed by atoms with Gasteiger partial charge in [0.2, 0.25) is 0 Å². The van der Waals surface area contributed by atoms with Gasteiger partial charge in [0.05, 0.1) is 18.8 Å². The van der Waals surface area contributed by atoms with Gasteiger partial charge in [-0.1, -0.05) is 12.1 Å². The van der Waals surface area contributed by atoms with E-state index in [4.69, 9.17) is 23.7 Å². The molecule has 2 aliphatic heterocycles. The van der Waals surface area contributed by atoms with Crippen LogP contribution in [0.25, 0.3) is 0 Å². The fraction of sp³-hybridized carbons (Fsp3) is 0.333. The van der Waals surface area contributed by atoms with E-state index >= 15 is 0 Å². The molecule has 0 radical (unpaired) electrons. The number of esters is 3. The Kier molecular flexibility index (Phi) is 5.73. The van der Waals surface area contributed by atoms with Crippen LogP contribution in [0.15, 0.2) is 48.8 Å². The SMILES string of the molecule is CC(=O)Oc1ccccc1C(=O)O[C@H]1COC2C1OC[C@H]2OC(=O)c1cccnc1. The summed E-state index contributed by atoms with van der Waals surface area (Å²) >= 11 is 0. The van der Waals surface area contributed by atoms with E-state index in [2.05, 4.69) is 4.98 Å². The number of rotatable bonds is 5. The number of carbonyl (C=O) groups excluding carboxylic acids is 3. The minimum Gasteiger partial charge on any atom is -0.453 e. The van der Waals surface area contributed by atoms with E-state index in [9.17, 15) is 14.4 Å². The topological polar surface area (TPSA) is 110 Å². The van der Waals surface area contributed by atoms with Gasteiger partial charge in [-0.05, 0) is 24.3 Å². The van der Waals surface area contributed by atoms with Crippen molar-refractivity contribution in [3.8, 4) is 5.75 Å². The van der Waals surface area contributed by atoms with E-state index in [1.807, 2.05) is 0 Å². The van der Waals surface area contributed by atoms with Crippen LogP contribution in [0.1, 0.15) is 27.6 Å². The molecule has 0 N–H and O–H groups in total. The first-order chi connectivity index (χ1) is 14.5. The number of benzene rings is 1. The van der Waals surface area contributed by atoms with Crippen LogP contribution < -0.4 is 4.74 Å². The molecular weight excluding hydrogens is 394 g/mol. The van der Waals surface area contributed by atoms with Crippen LogP contribution in [0.3, 0.4) is 0 Å². The van der Waals surface area contributed by atoms with Crippen LogP contribution in [-0.4, -0.2) is 60.5 Å². The molecule has 0 spiro atoms. The first-order valence-corrected chi connectivity index (χ1v) is 9.35. The Morgan fingerprint density at radius 1 is 0.933 bits per heavy atom. The summed E-state index contributed by atoms with van der Waals surface area (Å²) in [4.78, 5) is 40.0. The predicted octanol–water partition coefficient (Wildman–Crippen LogP) is 1.56. The number of nitrogens with zero attached hydrogens (tertiary/aromatic N) is 1. The molecule has 156 valence electrons. The van der Waals surface area contributed by atoms with E-state index in [1.54, 1.807) is 30.5 Å². The average molecular weight is 413 g/mol. The lowest BCUT2D eigenvalue weighted by Gasteiger charge is -2.18. The van der Waals surface area contributed by atoms with Crippen molar-refractivity contribution < 1.29 is 38.1 Å². The molecule has 0 bridgehead atoms. The van der Waals surface area contributed by atoms with Crippen molar-refractivity contribution in [2.24, 2.45) is 0 Å². The van der Waals surface area contributed by atoms with Crippen LogP contribution in [-0.2, 0) is 23.7 Å². The number of aromatic nitrogens is 1. The zero-order valence-corrected chi connectivity index (χ0v) is 16.1. The smallest absolute Gasteiger partial charge is 0.342 e. The lowest BCUT2D eigenvalue weighted by molar-refractivity contribution is -0.131. The van der Waals surface area contributed by atoms with Crippen LogP contribution in [0.5, 0.6) is 5.75 Å². The predicted molar refractivity (Wildman–Crippen MR) is 99.9 cm³/mol. The molecule has 1 aromatic carbocycles. The van der Waals surface area contributed by atoms with E-state index in [1.165, 1.54) is 25.3 Å². The number of pyridine rings is 1. The van der Waals surface area contributed by atoms with Crippen LogP contribution >= 0.6 is 0 Å². The maximum atomic E-state index is 12.6. The molecule has 9 heteroatoms. The van der Waals surface area contributed by atoms with Gasteiger partial charge in [0.25, 0.3) is 0 Å². The average Bonchev–Trinajstić information content (AvgIpc) is 3.32. The third-order valence-electron chi connectivity index (χ3n) is 4.74. The van der Waals surface area contributed by atoms with Crippen molar-refractivity contribution >= 4 is 17.9 Å². The van der Waals surface area contributed by atoms with Crippen molar-refractivity contribution in [1.82, 2.24) is 4.98 Å². The van der Waals surface area contributed by atoms with Gasteiger partial charge in [0.1, 0.15) is 23.5 Å². The molecule has 2 saturated heterocycles. The van der Waals surface area contributed by atoms with Crippen molar-refractivity contribution in [3.05, 3.63) is 59.9 Å². The summed E-state index contributed by atoms with van der Waals surface area (Å²) in [6.07, 6.45) is 0.545. The van der Waals surface area contributed by atoms with Gasteiger partial charge < -0.3 is 23.7 Å². The maximum absolute atomic E-state index is 12.6. The summed E-state index contributed by atoms with van der Waals surface area (Å²) in [5, 5.41) is 0. The van der Waals surface area contributed by atoms with Gasteiger partial charge in [0, 0.05) is 19.3 Å². The summed E-state index contributed by atoms with van der Waals surface area (Å²) in [6.45, 7) is 1.47. The van der Waals surface area contributed by atoms with E-state index in [-0.39, 0.29) is 24.5 Å². The molecule has 4 atom stereocenters. The Bertz CT molecular complexity index is 947. The standard InChI is InChI=1S/C21H19NO8/c1-12(23)28-15-7-3-2-6-14(15)21(25)30-17-11-27-18-16(10-26-19(17)18)29-20(24)13-5-4-8-22-9-13/h2-9,16-19H,10-11H2,1H3/t16-,17+,18?,19?/m1/s1. The zero-order chi connectivity index (χ0) is 21.1. The third-order valence-corrected chi connectivity index (χ3v) is 4.74. The molecular formula is C21H19NO8. The molecule has 0 amide bonds. The number of hydrogen-bond donors (Lipinski definition) is 0. The highest BCUT2D eigenvalue weighted by Gasteiger charge is 2.51. The second kappa shape index (κ2) is 8.60. The molecule has 2 unspecified atom stereocenters. The molecule has 0 saturated carbocycles. The number of para-hydroxylation sites is 1. The lowest BCUT2D eigenvalue weighted by Crippen LogP contribution is -2.36. The summed E-state index contributed by atoms with van der Waals surface area (Å²) < 4.78 is 27.5. The molecule has 2 fully saturated rings. The maximum Gasteiger partial charge on any atom is 0.342 e. The third kappa shape index (κ3) is 4.17. The number of fused-ring (bicyclic) bond motifs is 1. The monoisotopic (exact) mass is 413 g/mol. The Hall–Kier alpha value is -3.30. The van der Waals surface area contributed by atoms with Gasteiger partial charge in [-0.3, -0.25) is 9.78 Å². The van der Waals surface area contributed by atoms with Crippen molar-refractivity contribution in [2.75, 3.05) is 13.2 Å². The van der Waals surface area contributed by atoms with Crippen LogP contribution in [0.4, 0.5) is 0 Å². The Morgan fingerprint density at radius 3 is 2.23 bits per heavy atom. The van der Waals surface area contributed by atoms with Crippen molar-refractivity contribution in [1.29, 1.82) is 0 Å². The fourth-order valence-electron chi connectivity index (χ4n) is 3.40. The van der Waals surface area contributed by atoms with Crippen molar-refractivity contribution in [2.45, 2.75) is 31.3 Å². The molecule has 30 heavy (non-hydrogen) atoms. The van der Waals surface area contributed by atoms with Crippen LogP contribution in [0.2, 0.25) is 0 Å². The van der Waals surface area contributed by atoms with Gasteiger partial charge in [-0.25, -0.2) is 9.59 Å². The van der Waals surface area contributed by atoms with Gasteiger partial charge in [-0.15, -0.1) is 0 Å². The number of hydrogen-bond acceptors (Lipinski definition) is 9. The van der Waals surface area contributed by atoms with Crippen LogP contribution in [0, 0.1) is 0 Å². The zero-order valence-electron chi connectivity index (χ0n) is 16.1. The minimum atomic E-state index is -0.685. The molecule has 2 aromatic rings. The normalized spacial score (nSPS) is 24.7. The van der Waals surface area contributed by atoms with E-state index < -0.39 is 42.3 Å². The first-order valence-electron chi connectivity index (χ1n) is 9.35. The largest absolute Gasteiger partial charge is 0.453 e. The van der Waals surface area contributed by atoms with Gasteiger partial charge in [0.15, 0.2) is 12.2 Å². The minimum absolute atomic E-state index is 0.0950. The molecule has 2 aliphatic rings. The first kappa shape index (κ1) is 20.0. The Morgan fingerprint density at radius 2 is 1.60 bits per heavy atom. The summed E-state index contributed by atoms with van der Waals surface area (Å²) in [7, 11) is 0. The second-order valence-corrected chi connectivity index (χ2v) is 6.81. The highest BCUT2D eigenvalue weighted by Crippen LogP contribution is 2.32. The molecule has 4 rings (SSSR count). The molecule has 3 heterocycles. The highest BCUT2D eigenvalue weighted by molar-refractivity contribution is 5.93. The van der Waals surface area contributed by atoms with Gasteiger partial charge >= 0.3 is 17.9 Å². The molecule has 1 aromatic heterocycles. The van der Waals surface area contributed by atoms with E-state index in [0.29, 0.717) is 5.56 Å². The Labute approximate surface area is 171 Å². The summed E-state index contributed by atoms with van der Waals surface area (Å²) in [6, 6.07) is 9.53. The number of ether oxygens (including phenoxy) is 5. The fourth-order valence-corrected chi connectivity index (χ4v) is 3.40. The Balaban J connectivity index is 1.39. The molecule has 9 nitrogen and oxygen atoms in total. The highest BCUT2D eigenvalue weighted by atomic mass is 16.7. The summed E-state index contributed by atoms with van der Waals surface area (Å²) in [5.74, 6) is -1.63. The van der Waals surface area contributed by atoms with E-state index in [0.717, 1.165) is 0 Å². The second-order valence-electron chi connectivity index (χ2n) is 6.81. The molecule has 0 aliphatic carbocycles.